The van der Waals surface area contributed by atoms with Gasteiger partial charge in [-0.3, -0.25) is 4.90 Å². The Morgan fingerprint density at radius 1 is 1.11 bits per heavy atom. The summed E-state index contributed by atoms with van der Waals surface area (Å²) in [5.41, 5.74) is 0.923. The zero-order chi connectivity index (χ0) is 12.4. The number of furan rings is 1. The maximum atomic E-state index is 10.8. The first-order valence-electron chi connectivity index (χ1n) is 7.28. The van der Waals surface area contributed by atoms with Crippen LogP contribution in [0.4, 0.5) is 0 Å². The maximum absolute atomic E-state index is 10.8. The quantitative estimate of drug-likeness (QED) is 0.894. The lowest BCUT2D eigenvalue weighted by molar-refractivity contribution is -0.0407. The van der Waals surface area contributed by atoms with Gasteiger partial charge in [-0.25, -0.2) is 0 Å². The molecule has 1 aliphatic heterocycles. The number of aliphatic hydroxyl groups excluding tert-OH is 1. The molecular weight excluding hydrogens is 226 g/mol. The van der Waals surface area contributed by atoms with E-state index < -0.39 is 6.10 Å². The highest BCUT2D eigenvalue weighted by Gasteiger charge is 2.46. The second kappa shape index (κ2) is 5.06. The summed E-state index contributed by atoms with van der Waals surface area (Å²) in [6.07, 6.45) is 11.6. The van der Waals surface area contributed by atoms with Crippen LogP contribution in [0, 0.1) is 0 Å². The van der Waals surface area contributed by atoms with Gasteiger partial charge in [-0.15, -0.1) is 0 Å². The fourth-order valence-corrected chi connectivity index (χ4v) is 3.83. The average molecular weight is 249 g/mol. The van der Waals surface area contributed by atoms with Crippen LogP contribution in [0.5, 0.6) is 0 Å². The number of hydrogen-bond acceptors (Lipinski definition) is 3. The van der Waals surface area contributed by atoms with Gasteiger partial charge in [-0.05, 0) is 44.8 Å². The molecule has 3 heteroatoms. The van der Waals surface area contributed by atoms with Crippen molar-refractivity contribution in [3.05, 3.63) is 24.2 Å². The molecule has 1 unspecified atom stereocenters. The van der Waals surface area contributed by atoms with E-state index in [4.69, 9.17) is 4.42 Å². The topological polar surface area (TPSA) is 36.6 Å². The predicted molar refractivity (Wildman–Crippen MR) is 70.3 cm³/mol. The van der Waals surface area contributed by atoms with Crippen molar-refractivity contribution >= 4 is 0 Å². The van der Waals surface area contributed by atoms with Crippen molar-refractivity contribution < 1.29 is 9.52 Å². The van der Waals surface area contributed by atoms with E-state index in [-0.39, 0.29) is 5.54 Å². The highest BCUT2D eigenvalue weighted by Crippen LogP contribution is 2.45. The number of rotatable bonds is 3. The van der Waals surface area contributed by atoms with Gasteiger partial charge in [0.15, 0.2) is 0 Å². The Bertz CT molecular complexity index is 362. The van der Waals surface area contributed by atoms with Gasteiger partial charge in [0.05, 0.1) is 18.1 Å². The molecule has 1 atom stereocenters. The van der Waals surface area contributed by atoms with Crippen molar-refractivity contribution in [2.45, 2.75) is 56.6 Å². The molecule has 1 N–H and O–H groups in total. The van der Waals surface area contributed by atoms with Crippen molar-refractivity contribution in [3.8, 4) is 0 Å². The van der Waals surface area contributed by atoms with Crippen molar-refractivity contribution in [2.24, 2.45) is 0 Å². The van der Waals surface area contributed by atoms with Gasteiger partial charge in [0, 0.05) is 5.56 Å². The Hall–Kier alpha value is -0.800. The number of piperidine rings is 1. The maximum Gasteiger partial charge on any atom is 0.100 e. The minimum Gasteiger partial charge on any atom is -0.472 e. The summed E-state index contributed by atoms with van der Waals surface area (Å²) in [7, 11) is 0. The highest BCUT2D eigenvalue weighted by molar-refractivity contribution is 5.17. The van der Waals surface area contributed by atoms with Crippen LogP contribution < -0.4 is 0 Å². The molecule has 0 aromatic carbocycles. The Morgan fingerprint density at radius 3 is 2.44 bits per heavy atom. The summed E-state index contributed by atoms with van der Waals surface area (Å²) < 4.78 is 5.15. The van der Waals surface area contributed by atoms with Gasteiger partial charge in [-0.2, -0.15) is 0 Å². The first-order chi connectivity index (χ1) is 8.83. The molecule has 3 rings (SSSR count). The third-order valence-corrected chi connectivity index (χ3v) is 4.82. The predicted octanol–water partition coefficient (Wildman–Crippen LogP) is 3.11. The molecule has 0 spiro atoms. The molecular formula is C15H23NO2. The zero-order valence-electron chi connectivity index (χ0n) is 11.0. The monoisotopic (exact) mass is 249 g/mol. The van der Waals surface area contributed by atoms with E-state index in [0.717, 1.165) is 31.5 Å². The van der Waals surface area contributed by atoms with E-state index in [1.165, 1.54) is 32.1 Å². The lowest BCUT2D eigenvalue weighted by Crippen LogP contribution is -2.53. The summed E-state index contributed by atoms with van der Waals surface area (Å²) in [5, 5.41) is 10.8. The van der Waals surface area contributed by atoms with Gasteiger partial charge in [-0.1, -0.05) is 19.3 Å². The van der Waals surface area contributed by atoms with E-state index >= 15 is 0 Å². The van der Waals surface area contributed by atoms with Crippen LogP contribution in [0.1, 0.15) is 56.6 Å². The van der Waals surface area contributed by atoms with Crippen LogP contribution in [0.15, 0.2) is 23.0 Å². The molecule has 3 nitrogen and oxygen atoms in total. The molecule has 0 radical (unpaired) electrons. The lowest BCUT2D eigenvalue weighted by atomic mass is 9.83. The average Bonchev–Trinajstić information content (AvgIpc) is 3.11. The summed E-state index contributed by atoms with van der Waals surface area (Å²) >= 11 is 0. The number of hydrogen-bond donors (Lipinski definition) is 1. The molecule has 0 amide bonds. The largest absolute Gasteiger partial charge is 0.472 e. The van der Waals surface area contributed by atoms with Crippen molar-refractivity contribution in [2.75, 3.05) is 13.1 Å². The minimum atomic E-state index is -0.392. The molecule has 2 fully saturated rings. The first kappa shape index (κ1) is 12.2. The normalized spacial score (nSPS) is 26.3. The lowest BCUT2D eigenvalue weighted by Gasteiger charge is -2.46. The van der Waals surface area contributed by atoms with Crippen molar-refractivity contribution in [1.82, 2.24) is 4.90 Å². The Balaban J connectivity index is 1.86. The van der Waals surface area contributed by atoms with Crippen LogP contribution in [0.25, 0.3) is 0 Å². The second-order valence-electron chi connectivity index (χ2n) is 5.82. The van der Waals surface area contributed by atoms with Crippen LogP contribution in [-0.4, -0.2) is 28.6 Å². The molecule has 1 aliphatic carbocycles. The fourth-order valence-electron chi connectivity index (χ4n) is 3.83. The number of aliphatic hydroxyl groups is 1. The number of likely N-dealkylation sites (tertiary alicyclic amines) is 1. The van der Waals surface area contributed by atoms with E-state index in [1.807, 2.05) is 6.07 Å². The van der Waals surface area contributed by atoms with Crippen LogP contribution in [0.3, 0.4) is 0 Å². The second-order valence-corrected chi connectivity index (χ2v) is 5.82. The van der Waals surface area contributed by atoms with Gasteiger partial charge in [0.25, 0.3) is 0 Å². The van der Waals surface area contributed by atoms with Crippen molar-refractivity contribution in [1.29, 1.82) is 0 Å². The van der Waals surface area contributed by atoms with Crippen LogP contribution >= 0.6 is 0 Å². The SMILES string of the molecule is OC(c1ccoc1)C1(N2CCCCC2)CCCC1. The first-order valence-corrected chi connectivity index (χ1v) is 7.28. The summed E-state index contributed by atoms with van der Waals surface area (Å²) in [6.45, 7) is 2.30. The smallest absolute Gasteiger partial charge is 0.100 e. The van der Waals surface area contributed by atoms with Gasteiger partial charge in [0.1, 0.15) is 6.10 Å². The highest BCUT2D eigenvalue weighted by atomic mass is 16.3. The Morgan fingerprint density at radius 2 is 1.83 bits per heavy atom. The molecule has 100 valence electrons. The summed E-state index contributed by atoms with van der Waals surface area (Å²) in [5.74, 6) is 0. The molecule has 1 aromatic rings. The molecule has 2 aliphatic rings. The Kier molecular flexibility index (Phi) is 3.44. The molecule has 1 aromatic heterocycles. The third-order valence-electron chi connectivity index (χ3n) is 4.82. The van der Waals surface area contributed by atoms with Crippen molar-refractivity contribution in [3.63, 3.8) is 0 Å². The third kappa shape index (κ3) is 1.99. The minimum absolute atomic E-state index is 0.0235. The van der Waals surface area contributed by atoms with E-state index in [1.54, 1.807) is 12.5 Å². The molecule has 2 heterocycles. The fraction of sp³-hybridized carbons (Fsp3) is 0.733. The molecule has 1 saturated heterocycles. The summed E-state index contributed by atoms with van der Waals surface area (Å²) in [4.78, 5) is 2.56. The van der Waals surface area contributed by atoms with Gasteiger partial charge in [0.2, 0.25) is 0 Å². The van der Waals surface area contributed by atoms with Gasteiger partial charge < -0.3 is 9.52 Å². The molecule has 0 bridgehead atoms. The van der Waals surface area contributed by atoms with E-state index in [9.17, 15) is 5.11 Å². The number of nitrogens with zero attached hydrogens (tertiary/aromatic N) is 1. The van der Waals surface area contributed by atoms with E-state index in [2.05, 4.69) is 4.90 Å². The summed E-state index contributed by atoms with van der Waals surface area (Å²) in [6, 6.07) is 1.91. The molecule has 18 heavy (non-hydrogen) atoms. The standard InChI is InChI=1S/C15H23NO2/c17-14(13-6-11-18-12-13)15(7-2-3-8-15)16-9-4-1-5-10-16/h6,11-12,14,17H,1-5,7-10H2. The zero-order valence-corrected chi connectivity index (χ0v) is 11.0. The van der Waals surface area contributed by atoms with Crippen LogP contribution in [0.2, 0.25) is 0 Å². The van der Waals surface area contributed by atoms with Crippen LogP contribution in [-0.2, 0) is 0 Å². The van der Waals surface area contributed by atoms with Gasteiger partial charge >= 0.3 is 0 Å². The van der Waals surface area contributed by atoms with E-state index in [0.29, 0.717) is 0 Å². The molecule has 1 saturated carbocycles. The Labute approximate surface area is 109 Å².